The molecule has 0 unspecified atom stereocenters. The number of pyridine rings is 2. The maximum absolute atomic E-state index is 12.9. The average molecular weight is 314 g/mol. The maximum atomic E-state index is 12.9. The summed E-state index contributed by atoms with van der Waals surface area (Å²) in [6.07, 6.45) is 0. The Bertz CT molecular complexity index is 1350. The van der Waals surface area contributed by atoms with E-state index in [0.717, 1.165) is 21.8 Å². The van der Waals surface area contributed by atoms with Gasteiger partial charge in [-0.3, -0.25) is 4.79 Å². The Morgan fingerprint density at radius 3 is 2.25 bits per heavy atom. The number of aromatic nitrogens is 2. The SMILES string of the molecule is O=C(O)c1cc2c3ccccc3n3c4ccccc4c(=O)c(n1)c23. The molecule has 0 aliphatic rings. The minimum Gasteiger partial charge on any atom is -0.477 e. The third-order valence-corrected chi connectivity index (χ3v) is 4.48. The van der Waals surface area contributed by atoms with Gasteiger partial charge in [0, 0.05) is 16.2 Å². The van der Waals surface area contributed by atoms with Crippen LogP contribution < -0.4 is 5.43 Å². The Balaban J connectivity index is 2.26. The molecule has 0 saturated carbocycles. The van der Waals surface area contributed by atoms with E-state index in [4.69, 9.17) is 0 Å². The summed E-state index contributed by atoms with van der Waals surface area (Å²) in [6, 6.07) is 16.6. The molecule has 3 aromatic heterocycles. The molecule has 5 aromatic rings. The predicted molar refractivity (Wildman–Crippen MR) is 92.1 cm³/mol. The molecule has 114 valence electrons. The monoisotopic (exact) mass is 314 g/mol. The second kappa shape index (κ2) is 4.29. The first-order valence-corrected chi connectivity index (χ1v) is 7.48. The Hall–Kier alpha value is -3.47. The summed E-state index contributed by atoms with van der Waals surface area (Å²) >= 11 is 0. The van der Waals surface area contributed by atoms with Gasteiger partial charge in [0.05, 0.1) is 16.6 Å². The van der Waals surface area contributed by atoms with Crippen LogP contribution in [0, 0.1) is 0 Å². The quantitative estimate of drug-likeness (QED) is 0.482. The van der Waals surface area contributed by atoms with Gasteiger partial charge in [0.2, 0.25) is 5.43 Å². The first kappa shape index (κ1) is 13.0. The Morgan fingerprint density at radius 1 is 0.917 bits per heavy atom. The summed E-state index contributed by atoms with van der Waals surface area (Å²) in [6.45, 7) is 0. The van der Waals surface area contributed by atoms with E-state index in [1.54, 1.807) is 18.2 Å². The zero-order chi connectivity index (χ0) is 16.4. The molecule has 0 atom stereocenters. The molecule has 1 N–H and O–H groups in total. The molecule has 0 aliphatic carbocycles. The van der Waals surface area contributed by atoms with E-state index in [1.807, 2.05) is 40.8 Å². The molecule has 3 heterocycles. The largest absolute Gasteiger partial charge is 0.477 e. The van der Waals surface area contributed by atoms with Gasteiger partial charge in [0.1, 0.15) is 11.2 Å². The molecule has 2 aromatic carbocycles. The molecule has 0 saturated heterocycles. The zero-order valence-corrected chi connectivity index (χ0v) is 12.4. The standard InChI is InChI=1S/C19H10N2O3/c22-18-11-6-2-4-8-15(11)21-14-7-3-1-5-10(14)12-9-13(19(23)24)20-16(18)17(12)21/h1-9H,(H,23,24). The summed E-state index contributed by atoms with van der Waals surface area (Å²) in [5, 5.41) is 11.5. The van der Waals surface area contributed by atoms with Crippen LogP contribution >= 0.6 is 0 Å². The van der Waals surface area contributed by atoms with Crippen molar-refractivity contribution >= 4 is 44.2 Å². The topological polar surface area (TPSA) is 71.7 Å². The highest BCUT2D eigenvalue weighted by Gasteiger charge is 2.20. The number of hydrogen-bond acceptors (Lipinski definition) is 3. The lowest BCUT2D eigenvalue weighted by atomic mass is 10.1. The summed E-state index contributed by atoms with van der Waals surface area (Å²) < 4.78 is 2.00. The van der Waals surface area contributed by atoms with Gasteiger partial charge in [-0.25, -0.2) is 9.78 Å². The lowest BCUT2D eigenvalue weighted by molar-refractivity contribution is 0.0691. The number of para-hydroxylation sites is 2. The number of aromatic carboxylic acids is 1. The molecular formula is C19H10N2O3. The normalized spacial score (nSPS) is 11.8. The van der Waals surface area contributed by atoms with E-state index in [9.17, 15) is 14.7 Å². The lowest BCUT2D eigenvalue weighted by Gasteiger charge is -2.06. The fourth-order valence-electron chi connectivity index (χ4n) is 3.49. The Labute approximate surface area is 134 Å². The molecule has 0 bridgehead atoms. The molecule has 5 heteroatoms. The average Bonchev–Trinajstić information content (AvgIpc) is 2.94. The van der Waals surface area contributed by atoms with E-state index in [1.165, 1.54) is 0 Å². The first-order valence-electron chi connectivity index (χ1n) is 7.48. The highest BCUT2D eigenvalue weighted by atomic mass is 16.4. The molecule has 5 rings (SSSR count). The second-order valence-electron chi connectivity index (χ2n) is 5.76. The number of nitrogens with zero attached hydrogens (tertiary/aromatic N) is 2. The third kappa shape index (κ3) is 1.46. The zero-order valence-electron chi connectivity index (χ0n) is 12.4. The van der Waals surface area contributed by atoms with Crippen LogP contribution in [0.3, 0.4) is 0 Å². The van der Waals surface area contributed by atoms with E-state index >= 15 is 0 Å². The number of carboxylic acids is 1. The highest BCUT2D eigenvalue weighted by molar-refractivity contribution is 6.17. The van der Waals surface area contributed by atoms with Crippen LogP contribution in [0.2, 0.25) is 0 Å². The van der Waals surface area contributed by atoms with Gasteiger partial charge in [-0.2, -0.15) is 0 Å². The number of carboxylic acid groups (broad SMARTS) is 1. The minimum absolute atomic E-state index is 0.117. The van der Waals surface area contributed by atoms with Crippen molar-refractivity contribution < 1.29 is 9.90 Å². The van der Waals surface area contributed by atoms with Crippen LogP contribution in [0.15, 0.2) is 59.4 Å². The summed E-state index contributed by atoms with van der Waals surface area (Å²) in [7, 11) is 0. The Morgan fingerprint density at radius 2 is 1.54 bits per heavy atom. The molecular weight excluding hydrogens is 304 g/mol. The third-order valence-electron chi connectivity index (χ3n) is 4.48. The van der Waals surface area contributed by atoms with E-state index in [0.29, 0.717) is 10.9 Å². The summed E-state index contributed by atoms with van der Waals surface area (Å²) in [4.78, 5) is 28.5. The van der Waals surface area contributed by atoms with Gasteiger partial charge in [0.15, 0.2) is 0 Å². The van der Waals surface area contributed by atoms with Crippen molar-refractivity contribution in [1.82, 2.24) is 9.38 Å². The smallest absolute Gasteiger partial charge is 0.354 e. The van der Waals surface area contributed by atoms with Crippen LogP contribution in [0.25, 0.3) is 38.2 Å². The van der Waals surface area contributed by atoms with Crippen LogP contribution in [0.1, 0.15) is 10.5 Å². The molecule has 0 amide bonds. The highest BCUT2D eigenvalue weighted by Crippen LogP contribution is 2.33. The van der Waals surface area contributed by atoms with Gasteiger partial charge in [-0.05, 0) is 24.3 Å². The summed E-state index contributed by atoms with van der Waals surface area (Å²) in [5.41, 5.74) is 2.23. The predicted octanol–water partition coefficient (Wildman–Crippen LogP) is 3.29. The molecule has 0 aliphatic heterocycles. The fraction of sp³-hybridized carbons (Fsp3) is 0. The second-order valence-corrected chi connectivity index (χ2v) is 5.76. The van der Waals surface area contributed by atoms with Crippen molar-refractivity contribution in [2.45, 2.75) is 0 Å². The van der Waals surface area contributed by atoms with Crippen molar-refractivity contribution in [2.24, 2.45) is 0 Å². The lowest BCUT2D eigenvalue weighted by Crippen LogP contribution is -2.10. The molecule has 0 radical (unpaired) electrons. The van der Waals surface area contributed by atoms with Gasteiger partial charge in [-0.15, -0.1) is 0 Å². The van der Waals surface area contributed by atoms with Crippen molar-refractivity contribution in [3.63, 3.8) is 0 Å². The van der Waals surface area contributed by atoms with Crippen molar-refractivity contribution in [3.05, 3.63) is 70.5 Å². The van der Waals surface area contributed by atoms with E-state index in [2.05, 4.69) is 4.98 Å². The number of benzene rings is 2. The maximum Gasteiger partial charge on any atom is 0.354 e. The molecule has 5 nitrogen and oxygen atoms in total. The van der Waals surface area contributed by atoms with Crippen molar-refractivity contribution in [2.75, 3.05) is 0 Å². The van der Waals surface area contributed by atoms with Crippen LogP contribution in [0.5, 0.6) is 0 Å². The summed E-state index contributed by atoms with van der Waals surface area (Å²) in [5.74, 6) is -1.14. The van der Waals surface area contributed by atoms with Gasteiger partial charge >= 0.3 is 5.97 Å². The van der Waals surface area contributed by atoms with Crippen LogP contribution in [-0.2, 0) is 0 Å². The van der Waals surface area contributed by atoms with Crippen molar-refractivity contribution in [3.8, 4) is 0 Å². The number of rotatable bonds is 1. The molecule has 0 spiro atoms. The first-order chi connectivity index (χ1) is 11.7. The molecule has 24 heavy (non-hydrogen) atoms. The number of hydrogen-bond donors (Lipinski definition) is 1. The van der Waals surface area contributed by atoms with Gasteiger partial charge in [0.25, 0.3) is 0 Å². The van der Waals surface area contributed by atoms with Crippen LogP contribution in [-0.4, -0.2) is 20.5 Å². The van der Waals surface area contributed by atoms with Gasteiger partial charge in [-0.1, -0.05) is 30.3 Å². The van der Waals surface area contributed by atoms with Crippen molar-refractivity contribution in [1.29, 1.82) is 0 Å². The van der Waals surface area contributed by atoms with Crippen LogP contribution in [0.4, 0.5) is 0 Å². The fourth-order valence-corrected chi connectivity index (χ4v) is 3.49. The van der Waals surface area contributed by atoms with E-state index < -0.39 is 5.97 Å². The van der Waals surface area contributed by atoms with E-state index in [-0.39, 0.29) is 16.6 Å². The Kier molecular flexibility index (Phi) is 2.33. The molecule has 0 fully saturated rings. The minimum atomic E-state index is -1.14. The number of fused-ring (bicyclic) bond motifs is 5. The number of carbonyl (C=O) groups is 1. The van der Waals surface area contributed by atoms with Gasteiger partial charge < -0.3 is 9.51 Å².